The van der Waals surface area contributed by atoms with Crippen molar-refractivity contribution in [2.75, 3.05) is 13.2 Å². The Morgan fingerprint density at radius 1 is 0.957 bits per heavy atom. The molecule has 0 aromatic heterocycles. The molecule has 130 valence electrons. The lowest BCUT2D eigenvalue weighted by molar-refractivity contribution is -0.139. The van der Waals surface area contributed by atoms with E-state index in [2.05, 4.69) is 13.2 Å². The van der Waals surface area contributed by atoms with Crippen LogP contribution in [0.3, 0.4) is 0 Å². The Morgan fingerprint density at radius 2 is 1.52 bits per heavy atom. The first-order valence-corrected chi connectivity index (χ1v) is 7.35. The summed E-state index contributed by atoms with van der Waals surface area (Å²) >= 11 is 0. The van der Waals surface area contributed by atoms with Gasteiger partial charge >= 0.3 is 17.9 Å². The SMILES string of the molecule is C=C(C)C(=O)OCCC.C=C(C=CC(=O)O)C(=O)OCCCC. The molecule has 0 radical (unpaired) electrons. The fraction of sp³-hybridized carbons (Fsp3) is 0.471. The van der Waals surface area contributed by atoms with Gasteiger partial charge in [0.15, 0.2) is 0 Å². The molecule has 0 aliphatic rings. The molecule has 23 heavy (non-hydrogen) atoms. The van der Waals surface area contributed by atoms with Crippen LogP contribution in [0.15, 0.2) is 36.5 Å². The summed E-state index contributed by atoms with van der Waals surface area (Å²) in [7, 11) is 0. The summed E-state index contributed by atoms with van der Waals surface area (Å²) in [4.78, 5) is 31.8. The number of aliphatic carboxylic acids is 1. The molecule has 6 nitrogen and oxygen atoms in total. The second kappa shape index (κ2) is 14.6. The predicted octanol–water partition coefficient (Wildman–Crippen LogP) is 3.04. The number of rotatable bonds is 9. The molecule has 0 aliphatic carbocycles. The van der Waals surface area contributed by atoms with E-state index < -0.39 is 11.9 Å². The first kappa shape index (κ1) is 22.9. The van der Waals surface area contributed by atoms with E-state index in [9.17, 15) is 14.4 Å². The molecule has 0 spiro atoms. The number of carbonyl (C=O) groups excluding carboxylic acids is 2. The van der Waals surface area contributed by atoms with Gasteiger partial charge in [-0.1, -0.05) is 33.4 Å². The van der Waals surface area contributed by atoms with Crippen molar-refractivity contribution in [3.8, 4) is 0 Å². The Hall–Kier alpha value is -2.37. The number of hydrogen-bond acceptors (Lipinski definition) is 5. The molecule has 0 saturated heterocycles. The highest BCUT2D eigenvalue weighted by Crippen LogP contribution is 1.98. The summed E-state index contributed by atoms with van der Waals surface area (Å²) in [5.74, 6) is -1.99. The molecular weight excluding hydrogens is 300 g/mol. The fourth-order valence-corrected chi connectivity index (χ4v) is 0.960. The molecule has 0 bridgehead atoms. The summed E-state index contributed by atoms with van der Waals surface area (Å²) < 4.78 is 9.51. The molecule has 0 amide bonds. The van der Waals surface area contributed by atoms with Crippen LogP contribution in [0.4, 0.5) is 0 Å². The van der Waals surface area contributed by atoms with Crippen LogP contribution in [0, 0.1) is 0 Å². The van der Waals surface area contributed by atoms with Gasteiger partial charge in [0.25, 0.3) is 0 Å². The van der Waals surface area contributed by atoms with Gasteiger partial charge in [0.2, 0.25) is 0 Å². The molecule has 1 N–H and O–H groups in total. The van der Waals surface area contributed by atoms with Crippen LogP contribution in [-0.4, -0.2) is 36.2 Å². The van der Waals surface area contributed by atoms with Crippen molar-refractivity contribution in [3.63, 3.8) is 0 Å². The van der Waals surface area contributed by atoms with Crippen molar-refractivity contribution in [2.45, 2.75) is 40.0 Å². The highest BCUT2D eigenvalue weighted by Gasteiger charge is 2.04. The second-order valence-corrected chi connectivity index (χ2v) is 4.60. The van der Waals surface area contributed by atoms with Crippen LogP contribution in [0.1, 0.15) is 40.0 Å². The van der Waals surface area contributed by atoms with Gasteiger partial charge in [-0.3, -0.25) is 0 Å². The normalized spacial score (nSPS) is 9.52. The van der Waals surface area contributed by atoms with Crippen LogP contribution >= 0.6 is 0 Å². The van der Waals surface area contributed by atoms with Gasteiger partial charge in [-0.15, -0.1) is 0 Å². The lowest BCUT2D eigenvalue weighted by Gasteiger charge is -2.02. The maximum absolute atomic E-state index is 11.1. The van der Waals surface area contributed by atoms with E-state index in [0.29, 0.717) is 18.8 Å². The smallest absolute Gasteiger partial charge is 0.337 e. The Balaban J connectivity index is 0. The van der Waals surface area contributed by atoms with Crippen molar-refractivity contribution in [1.29, 1.82) is 0 Å². The average Bonchev–Trinajstić information content (AvgIpc) is 2.50. The van der Waals surface area contributed by atoms with E-state index in [4.69, 9.17) is 14.6 Å². The third-order valence-electron chi connectivity index (χ3n) is 2.21. The van der Waals surface area contributed by atoms with Crippen LogP contribution < -0.4 is 0 Å². The first-order chi connectivity index (χ1) is 10.8. The van der Waals surface area contributed by atoms with E-state index in [1.165, 1.54) is 0 Å². The Labute approximate surface area is 137 Å². The van der Waals surface area contributed by atoms with Crippen LogP contribution in [0.5, 0.6) is 0 Å². The van der Waals surface area contributed by atoms with Gasteiger partial charge in [0, 0.05) is 11.6 Å². The summed E-state index contributed by atoms with van der Waals surface area (Å²) in [6.07, 6.45) is 4.56. The summed E-state index contributed by atoms with van der Waals surface area (Å²) in [6.45, 7) is 13.2. The average molecular weight is 326 g/mol. The summed E-state index contributed by atoms with van der Waals surface area (Å²) in [5.41, 5.74) is 0.506. The number of carboxylic acids is 1. The monoisotopic (exact) mass is 326 g/mol. The van der Waals surface area contributed by atoms with E-state index in [1.807, 2.05) is 13.8 Å². The molecule has 0 rings (SSSR count). The van der Waals surface area contributed by atoms with Gasteiger partial charge in [-0.25, -0.2) is 14.4 Å². The molecule has 0 aromatic carbocycles. The molecule has 6 heteroatoms. The van der Waals surface area contributed by atoms with E-state index in [-0.39, 0.29) is 11.5 Å². The minimum Gasteiger partial charge on any atom is -0.478 e. The second-order valence-electron chi connectivity index (χ2n) is 4.60. The molecular formula is C17H26O6. The largest absolute Gasteiger partial charge is 0.478 e. The molecule has 0 aromatic rings. The quantitative estimate of drug-likeness (QED) is 0.303. The molecule has 0 saturated carbocycles. The fourth-order valence-electron chi connectivity index (χ4n) is 0.960. The number of carbonyl (C=O) groups is 3. The molecule has 0 fully saturated rings. The zero-order valence-corrected chi connectivity index (χ0v) is 14.1. The zero-order chi connectivity index (χ0) is 18.3. The number of unbranched alkanes of at least 4 members (excludes halogenated alkanes) is 1. The number of esters is 2. The number of ether oxygens (including phenoxy) is 2. The van der Waals surface area contributed by atoms with Crippen molar-refractivity contribution in [2.24, 2.45) is 0 Å². The molecule has 0 aliphatic heterocycles. The summed E-state index contributed by atoms with van der Waals surface area (Å²) in [6, 6.07) is 0. The van der Waals surface area contributed by atoms with Crippen LogP contribution in [0.25, 0.3) is 0 Å². The Kier molecular flexibility index (Phi) is 14.5. The van der Waals surface area contributed by atoms with Crippen LogP contribution in [-0.2, 0) is 23.9 Å². The van der Waals surface area contributed by atoms with Crippen molar-refractivity contribution < 1.29 is 29.0 Å². The Bertz CT molecular complexity index is 448. The Morgan fingerprint density at radius 3 is 1.96 bits per heavy atom. The highest BCUT2D eigenvalue weighted by molar-refractivity contribution is 5.93. The third kappa shape index (κ3) is 15.8. The summed E-state index contributed by atoms with van der Waals surface area (Å²) in [5, 5.41) is 8.28. The van der Waals surface area contributed by atoms with Crippen molar-refractivity contribution in [3.05, 3.63) is 36.5 Å². The van der Waals surface area contributed by atoms with Gasteiger partial charge < -0.3 is 14.6 Å². The van der Waals surface area contributed by atoms with Crippen molar-refractivity contribution >= 4 is 17.9 Å². The topological polar surface area (TPSA) is 89.9 Å². The van der Waals surface area contributed by atoms with E-state index >= 15 is 0 Å². The maximum atomic E-state index is 11.1. The standard InChI is InChI=1S/C10H14O4.C7H12O2/c1-3-4-7-14-10(13)8(2)5-6-9(11)12;1-4-5-9-7(8)6(2)3/h5-6H,2-4,7H2,1H3,(H,11,12);2,4-5H2,1,3H3. The van der Waals surface area contributed by atoms with Gasteiger partial charge in [-0.05, 0) is 25.8 Å². The minimum atomic E-state index is -1.12. The molecule has 0 heterocycles. The van der Waals surface area contributed by atoms with E-state index in [1.54, 1.807) is 6.92 Å². The van der Waals surface area contributed by atoms with Gasteiger partial charge in [0.1, 0.15) is 0 Å². The maximum Gasteiger partial charge on any atom is 0.337 e. The molecule has 0 unspecified atom stereocenters. The van der Waals surface area contributed by atoms with Crippen LogP contribution in [0.2, 0.25) is 0 Å². The number of hydrogen-bond donors (Lipinski definition) is 1. The predicted molar refractivity (Wildman–Crippen MR) is 87.8 cm³/mol. The third-order valence-corrected chi connectivity index (χ3v) is 2.21. The highest BCUT2D eigenvalue weighted by atomic mass is 16.5. The van der Waals surface area contributed by atoms with Gasteiger partial charge in [0.05, 0.1) is 18.8 Å². The molecule has 0 atom stereocenters. The van der Waals surface area contributed by atoms with Gasteiger partial charge in [-0.2, -0.15) is 0 Å². The zero-order valence-electron chi connectivity index (χ0n) is 14.1. The van der Waals surface area contributed by atoms with Crippen molar-refractivity contribution in [1.82, 2.24) is 0 Å². The minimum absolute atomic E-state index is 0.0449. The lowest BCUT2D eigenvalue weighted by atomic mass is 10.3. The number of carboxylic acid groups (broad SMARTS) is 1. The lowest BCUT2D eigenvalue weighted by Crippen LogP contribution is -2.07. The first-order valence-electron chi connectivity index (χ1n) is 7.35. The van der Waals surface area contributed by atoms with E-state index in [0.717, 1.165) is 31.4 Å².